The molecule has 0 saturated carbocycles. The van der Waals surface area contributed by atoms with Gasteiger partial charge in [-0.3, -0.25) is 0 Å². The molecule has 1 heterocycles. The maximum atomic E-state index is 6.35. The van der Waals surface area contributed by atoms with E-state index >= 15 is 0 Å². The van der Waals surface area contributed by atoms with Crippen LogP contribution in [0.1, 0.15) is 27.7 Å². The van der Waals surface area contributed by atoms with Crippen LogP contribution in [-0.2, 0) is 28.1 Å². The van der Waals surface area contributed by atoms with E-state index in [1.807, 2.05) is 17.8 Å². The summed E-state index contributed by atoms with van der Waals surface area (Å²) in [6, 6.07) is 10.5. The molecule has 94 valence electrons. The summed E-state index contributed by atoms with van der Waals surface area (Å²) in [7, 11) is 6.35. The molecule has 1 aromatic carbocycles. The summed E-state index contributed by atoms with van der Waals surface area (Å²) in [4.78, 5) is 2.60. The van der Waals surface area contributed by atoms with Gasteiger partial charge in [-0.15, -0.1) is 0 Å². The fourth-order valence-corrected chi connectivity index (χ4v) is 13.4. The van der Waals surface area contributed by atoms with Crippen LogP contribution in [0.5, 0.6) is 0 Å². The number of benzene rings is 1. The third-order valence-corrected chi connectivity index (χ3v) is 13.7. The zero-order valence-corrected chi connectivity index (χ0v) is 18.4. The number of hydrogen-bond donors (Lipinski definition) is 0. The molecule has 0 bridgehead atoms. The molecule has 1 aliphatic rings. The summed E-state index contributed by atoms with van der Waals surface area (Å²) in [6.07, 6.45) is 0. The molecule has 4 heteroatoms. The molecule has 0 fully saturated rings. The van der Waals surface area contributed by atoms with Gasteiger partial charge in [0.25, 0.3) is 0 Å². The van der Waals surface area contributed by atoms with Gasteiger partial charge >= 0.3 is 130 Å². The molecule has 0 spiro atoms. The minimum absolute atomic E-state index is 0.177. The Morgan fingerprint density at radius 2 is 1.67 bits per heavy atom. The second kappa shape index (κ2) is 5.47. The second-order valence-electron chi connectivity index (χ2n) is 5.48. The molecule has 1 aliphatic heterocycles. The van der Waals surface area contributed by atoms with Crippen LogP contribution in [0.15, 0.2) is 43.2 Å². The third kappa shape index (κ3) is 2.97. The molecule has 0 aliphatic carbocycles. The number of rotatable bonds is 3. The molecule has 2 rings (SSSR count). The Labute approximate surface area is 129 Å². The van der Waals surface area contributed by atoms with Gasteiger partial charge in [-0.2, -0.15) is 0 Å². The van der Waals surface area contributed by atoms with Crippen LogP contribution in [0.4, 0.5) is 0 Å². The predicted octanol–water partition coefficient (Wildman–Crippen LogP) is 4.81. The molecule has 18 heavy (non-hydrogen) atoms. The summed E-state index contributed by atoms with van der Waals surface area (Å²) in [5.41, 5.74) is -0.391. The molecule has 1 nitrogen and oxygen atoms in total. The van der Waals surface area contributed by atoms with Crippen LogP contribution in [0.25, 0.3) is 0 Å². The van der Waals surface area contributed by atoms with Crippen molar-refractivity contribution in [2.45, 2.75) is 43.8 Å². The quantitative estimate of drug-likeness (QED) is 0.588. The molecule has 0 radical (unpaired) electrons. The number of halogens is 1. The van der Waals surface area contributed by atoms with Crippen LogP contribution >= 0.6 is 20.0 Å². The fraction of sp³-hybridized carbons (Fsp3) is 0.429. The molecule has 0 saturated heterocycles. The molecule has 0 amide bonds. The van der Waals surface area contributed by atoms with E-state index in [9.17, 15) is 0 Å². The maximum absolute atomic E-state index is 6.35. The van der Waals surface area contributed by atoms with Gasteiger partial charge in [-0.1, -0.05) is 0 Å². The van der Waals surface area contributed by atoms with E-state index in [0.29, 0.717) is 0 Å². The Morgan fingerprint density at radius 1 is 1.06 bits per heavy atom. The van der Waals surface area contributed by atoms with E-state index < -0.39 is 23.3 Å². The van der Waals surface area contributed by atoms with Crippen molar-refractivity contribution < 1.29 is 28.1 Å². The van der Waals surface area contributed by atoms with E-state index in [-0.39, 0.29) is 11.2 Å². The van der Waals surface area contributed by atoms with Crippen molar-refractivity contribution in [2.24, 2.45) is 0 Å². The van der Waals surface area contributed by atoms with Crippen molar-refractivity contribution >= 4 is 20.0 Å². The van der Waals surface area contributed by atoms with E-state index in [2.05, 4.69) is 52.0 Å². The minimum atomic E-state index is -1.50. The van der Waals surface area contributed by atoms with Gasteiger partial charge in [-0.25, -0.2) is 0 Å². The van der Waals surface area contributed by atoms with Crippen molar-refractivity contribution in [1.29, 1.82) is 0 Å². The summed E-state index contributed by atoms with van der Waals surface area (Å²) < 4.78 is 7.62. The molecule has 0 unspecified atom stereocenters. The van der Waals surface area contributed by atoms with Crippen molar-refractivity contribution in [3.05, 3.63) is 38.3 Å². The zero-order chi connectivity index (χ0) is 13.4. The van der Waals surface area contributed by atoms with Crippen LogP contribution in [0.3, 0.4) is 0 Å². The van der Waals surface area contributed by atoms with Gasteiger partial charge in [0.15, 0.2) is 0 Å². The predicted molar refractivity (Wildman–Crippen MR) is 74.4 cm³/mol. The van der Waals surface area contributed by atoms with Crippen molar-refractivity contribution in [3.63, 3.8) is 0 Å². The number of ether oxygens (including phenoxy) is 1. The van der Waals surface area contributed by atoms with Crippen molar-refractivity contribution in [1.82, 2.24) is 0 Å². The number of hydrogen-bond acceptors (Lipinski definition) is 2. The first-order valence-electron chi connectivity index (χ1n) is 6.10. The fourth-order valence-electron chi connectivity index (χ4n) is 2.40. The van der Waals surface area contributed by atoms with Gasteiger partial charge in [0.05, 0.1) is 0 Å². The molecule has 0 N–H and O–H groups in total. The Bertz CT molecular complexity index is 468. The monoisotopic (exact) mass is 470 g/mol. The van der Waals surface area contributed by atoms with E-state index in [4.69, 9.17) is 13.0 Å². The SMILES string of the molecule is CC1(C)OC(C)(C)[C]([Hg][Cl])=C1Sc1ccccc1. The summed E-state index contributed by atoms with van der Waals surface area (Å²) >= 11 is 0.323. The Balaban J connectivity index is 2.39. The molecule has 0 atom stereocenters. The Hall–Kier alpha value is 0.495. The summed E-state index contributed by atoms with van der Waals surface area (Å²) in [5, 5.41) is 0. The molecule has 1 aromatic rings. The van der Waals surface area contributed by atoms with E-state index in [1.165, 1.54) is 12.9 Å². The van der Waals surface area contributed by atoms with Gasteiger partial charge in [0.2, 0.25) is 0 Å². The summed E-state index contributed by atoms with van der Waals surface area (Å²) in [5.74, 6) is 0. The van der Waals surface area contributed by atoms with Crippen LogP contribution < -0.4 is 0 Å². The molecular weight excluding hydrogens is 452 g/mol. The first-order chi connectivity index (χ1) is 8.37. The first kappa shape index (κ1) is 14.9. The average molecular weight is 469 g/mol. The Kier molecular flexibility index (Phi) is 4.53. The van der Waals surface area contributed by atoms with E-state index in [1.54, 1.807) is 0 Å². The van der Waals surface area contributed by atoms with Crippen LogP contribution in [0.2, 0.25) is 0 Å². The van der Waals surface area contributed by atoms with Crippen LogP contribution in [-0.4, -0.2) is 11.2 Å². The zero-order valence-electron chi connectivity index (χ0n) is 11.3. The normalized spacial score (nSPS) is 20.9. The Morgan fingerprint density at radius 3 is 2.22 bits per heavy atom. The first-order valence-corrected chi connectivity index (χ1v) is 16.4. The number of thioether (sulfide) groups is 1. The topological polar surface area (TPSA) is 9.23 Å². The van der Waals surface area contributed by atoms with Gasteiger partial charge in [-0.05, 0) is 0 Å². The van der Waals surface area contributed by atoms with E-state index in [0.717, 1.165) is 0 Å². The molecular formula is C14H17ClHgOS. The average Bonchev–Trinajstić information content (AvgIpc) is 2.45. The standard InChI is InChI=1S/C14H17OS.ClH.Hg/c1-13(2)10-12(14(3,4)15-13)16-11-8-6-5-7-9-11;;/h5-9H,1-4H3;1H;/q;;+1/p-1. The third-order valence-electron chi connectivity index (χ3n) is 3.15. The van der Waals surface area contributed by atoms with Crippen LogP contribution in [0, 0.1) is 0 Å². The second-order valence-corrected chi connectivity index (χ2v) is 12.7. The van der Waals surface area contributed by atoms with Gasteiger partial charge in [0, 0.05) is 0 Å². The van der Waals surface area contributed by atoms with Crippen molar-refractivity contribution in [3.8, 4) is 0 Å². The molecule has 0 aromatic heterocycles. The van der Waals surface area contributed by atoms with Gasteiger partial charge in [0.1, 0.15) is 0 Å². The summed E-state index contributed by atoms with van der Waals surface area (Å²) in [6.45, 7) is 8.58. The van der Waals surface area contributed by atoms with Crippen molar-refractivity contribution in [2.75, 3.05) is 0 Å². The van der Waals surface area contributed by atoms with Gasteiger partial charge < -0.3 is 0 Å².